The Balaban J connectivity index is 1.41. The van der Waals surface area contributed by atoms with E-state index in [1.165, 1.54) is 22.5 Å². The predicted molar refractivity (Wildman–Crippen MR) is 121 cm³/mol. The van der Waals surface area contributed by atoms with Gasteiger partial charge >= 0.3 is 0 Å². The zero-order valence-corrected chi connectivity index (χ0v) is 18.9. The van der Waals surface area contributed by atoms with Gasteiger partial charge in [-0.25, -0.2) is 13.4 Å². The molecule has 0 atom stereocenters. The van der Waals surface area contributed by atoms with Crippen LogP contribution in [0.4, 0.5) is 0 Å². The Morgan fingerprint density at radius 2 is 1.90 bits per heavy atom. The summed E-state index contributed by atoms with van der Waals surface area (Å²) in [4.78, 5) is 17.3. The Morgan fingerprint density at radius 3 is 2.68 bits per heavy atom. The minimum Gasteiger partial charge on any atom is -0.352 e. The zero-order chi connectivity index (χ0) is 22.0. The molecular weight excluding hydrogens is 436 g/mol. The number of hydrogen-bond acceptors (Lipinski definition) is 4. The molecule has 9 heteroatoms. The molecule has 3 aromatic rings. The largest absolute Gasteiger partial charge is 0.352 e. The Morgan fingerprint density at radius 1 is 1.16 bits per heavy atom. The number of nitrogens with one attached hydrogen (secondary N) is 1. The van der Waals surface area contributed by atoms with Crippen molar-refractivity contribution in [1.82, 2.24) is 19.2 Å². The number of halogens is 1. The van der Waals surface area contributed by atoms with E-state index in [4.69, 9.17) is 11.6 Å². The summed E-state index contributed by atoms with van der Waals surface area (Å²) in [5, 5.41) is 3.08. The van der Waals surface area contributed by atoms with Crippen LogP contribution in [0, 0.1) is 6.92 Å². The summed E-state index contributed by atoms with van der Waals surface area (Å²) in [6.07, 6.45) is 2.41. The van der Waals surface area contributed by atoms with E-state index in [-0.39, 0.29) is 21.4 Å². The first-order valence-electron chi connectivity index (χ1n) is 10.4. The zero-order valence-electron chi connectivity index (χ0n) is 17.3. The van der Waals surface area contributed by atoms with Crippen LogP contribution in [-0.4, -0.2) is 47.8 Å². The molecule has 0 unspecified atom stereocenters. The highest BCUT2D eigenvalue weighted by atomic mass is 35.5. The van der Waals surface area contributed by atoms with Crippen LogP contribution in [-0.2, 0) is 16.6 Å². The quantitative estimate of drug-likeness (QED) is 0.546. The molecule has 0 spiro atoms. The number of amides is 1. The molecule has 1 aliphatic rings. The van der Waals surface area contributed by atoms with E-state index in [0.29, 0.717) is 32.6 Å². The molecule has 4 rings (SSSR count). The third kappa shape index (κ3) is 4.46. The number of benzene rings is 2. The highest BCUT2D eigenvalue weighted by Crippen LogP contribution is 2.25. The summed E-state index contributed by atoms with van der Waals surface area (Å²) in [6.45, 7) is 4.13. The van der Waals surface area contributed by atoms with Crippen LogP contribution in [0.2, 0.25) is 5.02 Å². The molecule has 1 fully saturated rings. The molecular formula is C22H25ClN4O3S. The first-order valence-corrected chi connectivity index (χ1v) is 12.2. The van der Waals surface area contributed by atoms with Crippen LogP contribution in [0.15, 0.2) is 47.4 Å². The molecule has 0 radical (unpaired) electrons. The van der Waals surface area contributed by atoms with Crippen molar-refractivity contribution in [3.8, 4) is 0 Å². The molecule has 1 amide bonds. The standard InChI is InChI=1S/C22H25ClN4O3S/c1-16-25-20-7-2-3-8-21(20)27(16)14-6-11-24-22(28)18-15-17(9-10-19(18)23)31(29,30)26-12-4-5-13-26/h2-3,7-10,15H,4-6,11-14H2,1H3,(H,24,28). The molecule has 2 aromatic carbocycles. The van der Waals surface area contributed by atoms with Gasteiger partial charge in [-0.3, -0.25) is 4.79 Å². The second-order valence-corrected chi connectivity index (χ2v) is 10.0. The van der Waals surface area contributed by atoms with E-state index in [0.717, 1.165) is 29.7 Å². The monoisotopic (exact) mass is 460 g/mol. The van der Waals surface area contributed by atoms with Crippen molar-refractivity contribution in [3.05, 3.63) is 58.9 Å². The van der Waals surface area contributed by atoms with Crippen molar-refractivity contribution in [3.63, 3.8) is 0 Å². The average molecular weight is 461 g/mol. The van der Waals surface area contributed by atoms with Crippen molar-refractivity contribution in [1.29, 1.82) is 0 Å². The fourth-order valence-electron chi connectivity index (χ4n) is 3.93. The van der Waals surface area contributed by atoms with Gasteiger partial charge in [-0.2, -0.15) is 4.31 Å². The van der Waals surface area contributed by atoms with Crippen LogP contribution in [0.25, 0.3) is 11.0 Å². The number of imidazole rings is 1. The van der Waals surface area contributed by atoms with E-state index in [1.54, 1.807) is 0 Å². The van der Waals surface area contributed by atoms with E-state index < -0.39 is 10.0 Å². The molecule has 1 N–H and O–H groups in total. The number of carbonyl (C=O) groups excluding carboxylic acids is 1. The molecule has 0 saturated carbocycles. The highest BCUT2D eigenvalue weighted by molar-refractivity contribution is 7.89. The summed E-state index contributed by atoms with van der Waals surface area (Å²) in [6, 6.07) is 12.2. The maximum Gasteiger partial charge on any atom is 0.252 e. The van der Waals surface area contributed by atoms with Gasteiger partial charge in [-0.1, -0.05) is 23.7 Å². The molecule has 164 valence electrons. The summed E-state index contributed by atoms with van der Waals surface area (Å²) in [7, 11) is -3.61. The van der Waals surface area contributed by atoms with Gasteiger partial charge in [0.1, 0.15) is 5.82 Å². The van der Waals surface area contributed by atoms with E-state index in [2.05, 4.69) is 14.9 Å². The smallest absolute Gasteiger partial charge is 0.252 e. The summed E-state index contributed by atoms with van der Waals surface area (Å²) < 4.78 is 29.2. The number of sulfonamides is 1. The number of carbonyl (C=O) groups is 1. The van der Waals surface area contributed by atoms with Crippen molar-refractivity contribution in [2.45, 2.75) is 37.6 Å². The summed E-state index contributed by atoms with van der Waals surface area (Å²) in [5.74, 6) is 0.547. The van der Waals surface area contributed by atoms with Gasteiger partial charge in [-0.05, 0) is 56.5 Å². The lowest BCUT2D eigenvalue weighted by atomic mass is 10.2. The Bertz CT molecular complexity index is 1220. The van der Waals surface area contributed by atoms with Gasteiger partial charge in [-0.15, -0.1) is 0 Å². The minimum atomic E-state index is -3.61. The number of aryl methyl sites for hydroxylation is 2. The summed E-state index contributed by atoms with van der Waals surface area (Å²) in [5.41, 5.74) is 2.19. The SMILES string of the molecule is Cc1nc2ccccc2n1CCCNC(=O)c1cc(S(=O)(=O)N2CCCC2)ccc1Cl. The van der Waals surface area contributed by atoms with Crippen LogP contribution in [0.1, 0.15) is 35.4 Å². The van der Waals surface area contributed by atoms with Crippen molar-refractivity contribution >= 4 is 38.6 Å². The maximum atomic E-state index is 12.8. The molecule has 7 nitrogen and oxygen atoms in total. The summed E-state index contributed by atoms with van der Waals surface area (Å²) >= 11 is 6.20. The van der Waals surface area contributed by atoms with Gasteiger partial charge in [0.2, 0.25) is 10.0 Å². The number of hydrogen-bond donors (Lipinski definition) is 1. The first-order chi connectivity index (χ1) is 14.9. The van der Waals surface area contributed by atoms with Gasteiger partial charge in [0.15, 0.2) is 0 Å². The normalized spacial score (nSPS) is 14.9. The fourth-order valence-corrected chi connectivity index (χ4v) is 5.68. The molecule has 1 aromatic heterocycles. The lowest BCUT2D eigenvalue weighted by Crippen LogP contribution is -2.29. The predicted octanol–water partition coefficient (Wildman–Crippen LogP) is 3.60. The Kier molecular flexibility index (Phi) is 6.31. The van der Waals surface area contributed by atoms with Gasteiger partial charge < -0.3 is 9.88 Å². The number of para-hydroxylation sites is 2. The topological polar surface area (TPSA) is 84.3 Å². The molecule has 1 saturated heterocycles. The Hall–Kier alpha value is -2.42. The average Bonchev–Trinajstić information content (AvgIpc) is 3.40. The first kappa shape index (κ1) is 21.8. The Labute approximate surface area is 187 Å². The van der Waals surface area contributed by atoms with Crippen LogP contribution >= 0.6 is 11.6 Å². The van der Waals surface area contributed by atoms with Crippen LogP contribution in [0.5, 0.6) is 0 Å². The van der Waals surface area contributed by atoms with Crippen molar-refractivity contribution in [2.75, 3.05) is 19.6 Å². The van der Waals surface area contributed by atoms with E-state index >= 15 is 0 Å². The highest BCUT2D eigenvalue weighted by Gasteiger charge is 2.28. The number of aromatic nitrogens is 2. The molecule has 1 aliphatic heterocycles. The van der Waals surface area contributed by atoms with Gasteiger partial charge in [0.05, 0.1) is 26.5 Å². The van der Waals surface area contributed by atoms with Gasteiger partial charge in [0, 0.05) is 26.2 Å². The lowest BCUT2D eigenvalue weighted by molar-refractivity contribution is 0.0952. The van der Waals surface area contributed by atoms with Crippen LogP contribution < -0.4 is 5.32 Å². The molecule has 0 bridgehead atoms. The van der Waals surface area contributed by atoms with E-state index in [1.807, 2.05) is 31.2 Å². The molecule has 31 heavy (non-hydrogen) atoms. The maximum absolute atomic E-state index is 12.8. The lowest BCUT2D eigenvalue weighted by Gasteiger charge is -2.16. The number of fused-ring (bicyclic) bond motifs is 1. The van der Waals surface area contributed by atoms with Crippen molar-refractivity contribution < 1.29 is 13.2 Å². The minimum absolute atomic E-state index is 0.101. The second-order valence-electron chi connectivity index (χ2n) is 7.66. The van der Waals surface area contributed by atoms with E-state index in [9.17, 15) is 13.2 Å². The second kappa shape index (κ2) is 8.98. The molecule has 0 aliphatic carbocycles. The van der Waals surface area contributed by atoms with Gasteiger partial charge in [0.25, 0.3) is 5.91 Å². The van der Waals surface area contributed by atoms with Crippen LogP contribution in [0.3, 0.4) is 0 Å². The molecule has 2 heterocycles. The third-order valence-electron chi connectivity index (χ3n) is 5.57. The van der Waals surface area contributed by atoms with Crippen molar-refractivity contribution in [2.24, 2.45) is 0 Å². The number of nitrogens with zero attached hydrogens (tertiary/aromatic N) is 3. The third-order valence-corrected chi connectivity index (χ3v) is 7.80. The number of rotatable bonds is 7. The fraction of sp³-hybridized carbons (Fsp3) is 0.364.